The number of methoxy groups -OCH3 is 1. The van der Waals surface area contributed by atoms with Crippen LogP contribution in [0.4, 0.5) is 0 Å². The average Bonchev–Trinajstić information content (AvgIpc) is 3.19. The van der Waals surface area contributed by atoms with Crippen LogP contribution in [0.5, 0.6) is 0 Å². The van der Waals surface area contributed by atoms with E-state index >= 15 is 0 Å². The Kier molecular flexibility index (Phi) is 3.82. The molecule has 2 rings (SSSR count). The molecule has 1 fully saturated rings. The number of aromatic amines is 1. The number of hydrogen-bond donors (Lipinski definition) is 2. The summed E-state index contributed by atoms with van der Waals surface area (Å²) in [5, 5.41) is 3.36. The second kappa shape index (κ2) is 5.20. The van der Waals surface area contributed by atoms with Gasteiger partial charge in [-0.2, -0.15) is 0 Å². The molecule has 0 saturated heterocycles. The van der Waals surface area contributed by atoms with Gasteiger partial charge in [0.05, 0.1) is 5.69 Å². The van der Waals surface area contributed by atoms with E-state index in [1.54, 1.807) is 13.2 Å². The predicted molar refractivity (Wildman–Crippen MR) is 69.4 cm³/mol. The number of nitrogens with zero attached hydrogens (tertiary/aromatic N) is 1. The van der Waals surface area contributed by atoms with Gasteiger partial charge in [0.15, 0.2) is 0 Å². The van der Waals surface area contributed by atoms with Crippen molar-refractivity contribution in [3.05, 3.63) is 27.9 Å². The van der Waals surface area contributed by atoms with Crippen LogP contribution in [0.15, 0.2) is 10.9 Å². The minimum atomic E-state index is -0.533. The van der Waals surface area contributed by atoms with Gasteiger partial charge in [-0.1, -0.05) is 6.92 Å². The Hall–Kier alpha value is -1.20. The maximum Gasteiger partial charge on any atom is 0.251 e. The Balaban J connectivity index is 2.21. The van der Waals surface area contributed by atoms with Crippen molar-refractivity contribution in [2.24, 2.45) is 0 Å². The molecule has 5 heteroatoms. The first kappa shape index (κ1) is 13.2. The lowest BCUT2D eigenvalue weighted by molar-refractivity contribution is -0.00936. The molecule has 0 radical (unpaired) electrons. The van der Waals surface area contributed by atoms with Gasteiger partial charge in [-0.25, -0.2) is 4.98 Å². The van der Waals surface area contributed by atoms with Crippen LogP contribution < -0.4 is 10.9 Å². The van der Waals surface area contributed by atoms with Gasteiger partial charge in [-0.05, 0) is 26.2 Å². The molecule has 1 aromatic heterocycles. The molecule has 0 aliphatic heterocycles. The molecule has 0 spiro atoms. The number of H-pyrrole nitrogens is 1. The third kappa shape index (κ3) is 2.97. The van der Waals surface area contributed by atoms with E-state index in [1.807, 2.05) is 13.8 Å². The molecule has 1 unspecified atom stereocenters. The highest BCUT2D eigenvalue weighted by Crippen LogP contribution is 2.24. The fraction of sp³-hybridized carbons (Fsp3) is 0.692. The van der Waals surface area contributed by atoms with Crippen LogP contribution >= 0.6 is 0 Å². The molecule has 1 aliphatic rings. The van der Waals surface area contributed by atoms with E-state index in [-0.39, 0.29) is 5.56 Å². The number of rotatable bonds is 6. The van der Waals surface area contributed by atoms with Crippen molar-refractivity contribution in [3.8, 4) is 0 Å². The number of ether oxygens (including phenoxy) is 1. The molecule has 18 heavy (non-hydrogen) atoms. The first-order chi connectivity index (χ1) is 8.57. The summed E-state index contributed by atoms with van der Waals surface area (Å²) in [6.07, 6.45) is 3.20. The monoisotopic (exact) mass is 251 g/mol. The van der Waals surface area contributed by atoms with Crippen molar-refractivity contribution in [2.75, 3.05) is 7.11 Å². The average molecular weight is 251 g/mol. The normalized spacial score (nSPS) is 18.6. The lowest BCUT2D eigenvalue weighted by atomic mass is 10.0. The Labute approximate surface area is 107 Å². The van der Waals surface area contributed by atoms with E-state index in [2.05, 4.69) is 15.3 Å². The number of hydrogen-bond acceptors (Lipinski definition) is 4. The standard InChI is InChI=1S/C13H21N3O2/c1-4-13(2,18-3)12-15-10(7-11(17)16-12)8-14-9-5-6-9/h7,9,14H,4-6,8H2,1-3H3,(H,15,16,17). The van der Waals surface area contributed by atoms with Crippen LogP contribution in [0.25, 0.3) is 0 Å². The second-order valence-corrected chi connectivity index (χ2v) is 5.03. The Bertz CT molecular complexity index is 462. The third-order valence-electron chi connectivity index (χ3n) is 3.57. The smallest absolute Gasteiger partial charge is 0.251 e. The van der Waals surface area contributed by atoms with Crippen LogP contribution in [-0.4, -0.2) is 23.1 Å². The van der Waals surface area contributed by atoms with E-state index in [0.717, 1.165) is 12.1 Å². The molecular formula is C13H21N3O2. The summed E-state index contributed by atoms with van der Waals surface area (Å²) in [6.45, 7) is 4.59. The van der Waals surface area contributed by atoms with Gasteiger partial charge in [-0.15, -0.1) is 0 Å². The van der Waals surface area contributed by atoms with Gasteiger partial charge >= 0.3 is 0 Å². The van der Waals surface area contributed by atoms with Crippen LogP contribution in [0.2, 0.25) is 0 Å². The first-order valence-electron chi connectivity index (χ1n) is 6.46. The third-order valence-corrected chi connectivity index (χ3v) is 3.57. The highest BCUT2D eigenvalue weighted by Gasteiger charge is 2.27. The van der Waals surface area contributed by atoms with Crippen molar-refractivity contribution < 1.29 is 4.74 Å². The molecule has 0 bridgehead atoms. The summed E-state index contributed by atoms with van der Waals surface area (Å²) in [4.78, 5) is 18.9. The van der Waals surface area contributed by atoms with Gasteiger partial charge in [0.1, 0.15) is 11.4 Å². The van der Waals surface area contributed by atoms with Crippen molar-refractivity contribution in [1.82, 2.24) is 15.3 Å². The van der Waals surface area contributed by atoms with E-state index in [1.165, 1.54) is 12.8 Å². The van der Waals surface area contributed by atoms with Gasteiger partial charge in [0.2, 0.25) is 0 Å². The van der Waals surface area contributed by atoms with E-state index in [4.69, 9.17) is 4.74 Å². The molecule has 1 atom stereocenters. The summed E-state index contributed by atoms with van der Waals surface area (Å²) >= 11 is 0. The number of nitrogens with one attached hydrogen (secondary N) is 2. The van der Waals surface area contributed by atoms with E-state index in [0.29, 0.717) is 18.4 Å². The Morgan fingerprint density at radius 1 is 1.61 bits per heavy atom. The van der Waals surface area contributed by atoms with Crippen molar-refractivity contribution in [3.63, 3.8) is 0 Å². The van der Waals surface area contributed by atoms with Crippen LogP contribution in [0.3, 0.4) is 0 Å². The molecule has 0 amide bonds. The summed E-state index contributed by atoms with van der Waals surface area (Å²) in [5.74, 6) is 0.604. The molecule has 0 aromatic carbocycles. The zero-order chi connectivity index (χ0) is 13.2. The molecule has 1 aromatic rings. The highest BCUT2D eigenvalue weighted by molar-refractivity contribution is 5.08. The highest BCUT2D eigenvalue weighted by atomic mass is 16.5. The minimum Gasteiger partial charge on any atom is -0.371 e. The maximum atomic E-state index is 11.7. The summed E-state index contributed by atoms with van der Waals surface area (Å²) in [5.41, 5.74) is 0.121. The van der Waals surface area contributed by atoms with Crippen LogP contribution in [0.1, 0.15) is 44.6 Å². The maximum absolute atomic E-state index is 11.7. The molecule has 5 nitrogen and oxygen atoms in total. The van der Waals surface area contributed by atoms with E-state index < -0.39 is 5.60 Å². The van der Waals surface area contributed by atoms with Gasteiger partial charge < -0.3 is 15.0 Å². The molecule has 1 saturated carbocycles. The fourth-order valence-electron chi connectivity index (χ4n) is 1.79. The second-order valence-electron chi connectivity index (χ2n) is 5.03. The van der Waals surface area contributed by atoms with Crippen molar-refractivity contribution >= 4 is 0 Å². The Morgan fingerprint density at radius 3 is 2.89 bits per heavy atom. The van der Waals surface area contributed by atoms with Gasteiger partial charge in [0, 0.05) is 25.8 Å². The zero-order valence-electron chi connectivity index (χ0n) is 11.2. The van der Waals surface area contributed by atoms with Gasteiger partial charge in [-0.3, -0.25) is 4.79 Å². The van der Waals surface area contributed by atoms with Crippen molar-refractivity contribution in [2.45, 2.75) is 51.3 Å². The lowest BCUT2D eigenvalue weighted by Crippen LogP contribution is -2.30. The van der Waals surface area contributed by atoms with Crippen LogP contribution in [0, 0.1) is 0 Å². The fourth-order valence-corrected chi connectivity index (χ4v) is 1.79. The molecule has 100 valence electrons. The SMILES string of the molecule is CCC(C)(OC)c1nc(CNC2CC2)cc(=O)[nH]1. The number of aromatic nitrogens is 2. The largest absolute Gasteiger partial charge is 0.371 e. The minimum absolute atomic E-state index is 0.121. The summed E-state index contributed by atoms with van der Waals surface area (Å²) in [7, 11) is 1.64. The van der Waals surface area contributed by atoms with Crippen LogP contribution in [-0.2, 0) is 16.9 Å². The topological polar surface area (TPSA) is 67.0 Å². The first-order valence-corrected chi connectivity index (χ1v) is 6.46. The lowest BCUT2D eigenvalue weighted by Gasteiger charge is -2.25. The summed E-state index contributed by atoms with van der Waals surface area (Å²) in [6, 6.07) is 2.15. The van der Waals surface area contributed by atoms with Crippen molar-refractivity contribution in [1.29, 1.82) is 0 Å². The van der Waals surface area contributed by atoms with Gasteiger partial charge in [0.25, 0.3) is 5.56 Å². The Morgan fingerprint density at radius 2 is 2.33 bits per heavy atom. The quantitative estimate of drug-likeness (QED) is 0.799. The summed E-state index contributed by atoms with van der Waals surface area (Å²) < 4.78 is 5.47. The zero-order valence-corrected chi connectivity index (χ0v) is 11.2. The molecule has 2 N–H and O–H groups in total. The molecular weight excluding hydrogens is 230 g/mol. The molecule has 1 heterocycles. The molecule has 1 aliphatic carbocycles. The predicted octanol–water partition coefficient (Wildman–Crippen LogP) is 1.29. The van der Waals surface area contributed by atoms with E-state index in [9.17, 15) is 4.79 Å².